The van der Waals surface area contributed by atoms with E-state index < -0.39 is 31.8 Å². The Labute approximate surface area is 225 Å². The van der Waals surface area contributed by atoms with Gasteiger partial charge in [0.05, 0.1) is 11.1 Å². The first kappa shape index (κ1) is 25.9. The molecule has 3 aromatic rings. The number of rotatable bonds is 5. The van der Waals surface area contributed by atoms with Crippen molar-refractivity contribution < 1.29 is 29.1 Å². The van der Waals surface area contributed by atoms with Crippen LogP contribution in [0.4, 0.5) is 5.69 Å². The zero-order valence-corrected chi connectivity index (χ0v) is 22.9. The average molecular weight is 539 g/mol. The summed E-state index contributed by atoms with van der Waals surface area (Å²) in [5.74, 6) is -3.83. The lowest BCUT2D eigenvalue weighted by Gasteiger charge is -2.34. The molecule has 196 valence electrons. The van der Waals surface area contributed by atoms with Crippen molar-refractivity contribution in [3.8, 4) is 0 Å². The highest BCUT2D eigenvalue weighted by molar-refractivity contribution is 7.01. The van der Waals surface area contributed by atoms with E-state index in [1.54, 1.807) is 6.07 Å². The van der Waals surface area contributed by atoms with Gasteiger partial charge in [-0.25, -0.2) is 9.59 Å². The number of hydrogen-bond donors (Lipinski definition) is 1. The smallest absolute Gasteiger partial charge is 0.363 e. The van der Waals surface area contributed by atoms with E-state index in [-0.39, 0.29) is 11.1 Å². The van der Waals surface area contributed by atoms with Gasteiger partial charge < -0.3 is 14.8 Å². The van der Waals surface area contributed by atoms with Crippen molar-refractivity contribution in [1.82, 2.24) is 5.06 Å². The van der Waals surface area contributed by atoms with E-state index in [0.29, 0.717) is 10.6 Å². The molecule has 0 aliphatic carbocycles. The minimum Gasteiger partial charge on any atom is -0.478 e. The molecule has 8 nitrogen and oxygen atoms in total. The predicted molar refractivity (Wildman–Crippen MR) is 150 cm³/mol. The number of hydrogen-bond acceptors (Lipinski definition) is 6. The van der Waals surface area contributed by atoms with E-state index in [1.807, 2.05) is 43.3 Å². The quantitative estimate of drug-likeness (QED) is 0.385. The number of hydroxylamine groups is 2. The summed E-state index contributed by atoms with van der Waals surface area (Å²) < 4.78 is 0. The van der Waals surface area contributed by atoms with Gasteiger partial charge in [-0.3, -0.25) is 9.59 Å². The van der Waals surface area contributed by atoms with Gasteiger partial charge in [0.1, 0.15) is 8.07 Å². The molecule has 0 saturated carbocycles. The highest BCUT2D eigenvalue weighted by atomic mass is 28.3. The van der Waals surface area contributed by atoms with Crippen molar-refractivity contribution in [3.63, 3.8) is 0 Å². The molecular weight excluding hydrogens is 512 g/mol. The Balaban J connectivity index is 1.73. The van der Waals surface area contributed by atoms with Crippen LogP contribution in [0.15, 0.2) is 66.7 Å². The lowest BCUT2D eigenvalue weighted by molar-refractivity contribution is -0.170. The molecule has 9 heteroatoms. The SMILES string of the molecule is C=c1ccc2c(c1)[Si](C)(C)c1cc(N(C)C)ccc1C=2c1ccc(C(=O)ON2C(=O)C=CC2=O)cc1C(=O)O. The van der Waals surface area contributed by atoms with E-state index in [4.69, 9.17) is 4.84 Å². The van der Waals surface area contributed by atoms with Crippen molar-refractivity contribution >= 4 is 60.0 Å². The number of amides is 2. The van der Waals surface area contributed by atoms with Gasteiger partial charge in [0.15, 0.2) is 0 Å². The van der Waals surface area contributed by atoms with Gasteiger partial charge in [-0.2, -0.15) is 0 Å². The number of aromatic carboxylic acids is 1. The number of carbonyl (C=O) groups excluding carboxylic acids is 3. The zero-order chi connectivity index (χ0) is 28.2. The Morgan fingerprint density at radius 3 is 2.21 bits per heavy atom. The second kappa shape index (κ2) is 9.21. The largest absolute Gasteiger partial charge is 0.478 e. The molecule has 2 aliphatic rings. The van der Waals surface area contributed by atoms with Crippen molar-refractivity contribution in [2.75, 3.05) is 19.0 Å². The normalized spacial score (nSPS) is 15.2. The summed E-state index contributed by atoms with van der Waals surface area (Å²) in [5, 5.41) is 14.7. The Morgan fingerprint density at radius 2 is 1.56 bits per heavy atom. The van der Waals surface area contributed by atoms with E-state index >= 15 is 0 Å². The number of imide groups is 1. The molecule has 0 bridgehead atoms. The fraction of sp³-hybridized carbons (Fsp3) is 0.133. The number of carboxylic acid groups (broad SMARTS) is 1. The minimum absolute atomic E-state index is 0.105. The predicted octanol–water partition coefficient (Wildman–Crippen LogP) is 1.24. The average Bonchev–Trinajstić information content (AvgIpc) is 3.21. The molecule has 0 atom stereocenters. The van der Waals surface area contributed by atoms with E-state index in [0.717, 1.165) is 44.6 Å². The third-order valence-electron chi connectivity index (χ3n) is 7.19. The number of carbonyl (C=O) groups is 4. The minimum atomic E-state index is -2.21. The topological polar surface area (TPSA) is 104 Å². The first-order valence-electron chi connectivity index (χ1n) is 12.2. The molecule has 0 unspecified atom stereocenters. The summed E-state index contributed by atoms with van der Waals surface area (Å²) in [6, 6.07) is 16.4. The third-order valence-corrected chi connectivity index (χ3v) is 10.7. The van der Waals surface area contributed by atoms with Crippen molar-refractivity contribution in [2.24, 2.45) is 0 Å². The number of fused-ring (bicyclic) bond motifs is 2. The molecule has 2 aliphatic heterocycles. The Bertz CT molecular complexity index is 1740. The second-order valence-electron chi connectivity index (χ2n) is 10.3. The maximum Gasteiger partial charge on any atom is 0.363 e. The summed E-state index contributed by atoms with van der Waals surface area (Å²) in [6.07, 6.45) is 1.97. The van der Waals surface area contributed by atoms with Gasteiger partial charge >= 0.3 is 11.9 Å². The first-order valence-corrected chi connectivity index (χ1v) is 15.2. The van der Waals surface area contributed by atoms with Gasteiger partial charge in [-0.15, -0.1) is 0 Å². The molecule has 5 rings (SSSR count). The molecule has 2 heterocycles. The van der Waals surface area contributed by atoms with Crippen LogP contribution in [0.3, 0.4) is 0 Å². The molecule has 0 radical (unpaired) electrons. The highest BCUT2D eigenvalue weighted by Gasteiger charge is 2.36. The van der Waals surface area contributed by atoms with Gasteiger partial charge in [0, 0.05) is 31.9 Å². The lowest BCUT2D eigenvalue weighted by atomic mass is 9.90. The van der Waals surface area contributed by atoms with Crippen molar-refractivity contribution in [2.45, 2.75) is 13.1 Å². The third kappa shape index (κ3) is 4.26. The molecule has 39 heavy (non-hydrogen) atoms. The molecule has 0 spiro atoms. The molecular formula is C30H26N2O6Si. The summed E-state index contributed by atoms with van der Waals surface area (Å²) in [6.45, 7) is 8.67. The van der Waals surface area contributed by atoms with E-state index in [1.165, 1.54) is 17.3 Å². The molecule has 0 aromatic heterocycles. The van der Waals surface area contributed by atoms with Crippen LogP contribution in [0.1, 0.15) is 31.8 Å². The number of anilines is 1. The summed E-state index contributed by atoms with van der Waals surface area (Å²) in [5.41, 5.74) is 2.97. The monoisotopic (exact) mass is 538 g/mol. The molecule has 3 aromatic carbocycles. The van der Waals surface area contributed by atoms with Crippen LogP contribution in [0.2, 0.25) is 13.1 Å². The lowest BCUT2D eigenvalue weighted by Crippen LogP contribution is -2.63. The number of nitrogens with zero attached hydrogens (tertiary/aromatic N) is 2. The van der Waals surface area contributed by atoms with Crippen LogP contribution < -0.4 is 25.7 Å². The van der Waals surface area contributed by atoms with Gasteiger partial charge in [-0.1, -0.05) is 55.1 Å². The first-order chi connectivity index (χ1) is 18.4. The van der Waals surface area contributed by atoms with Crippen molar-refractivity contribution in [1.29, 1.82) is 0 Å². The fourth-order valence-electron chi connectivity index (χ4n) is 5.13. The Morgan fingerprint density at radius 1 is 0.897 bits per heavy atom. The van der Waals surface area contributed by atoms with Crippen LogP contribution in [0.5, 0.6) is 0 Å². The van der Waals surface area contributed by atoms with E-state index in [2.05, 4.69) is 31.8 Å². The maximum atomic E-state index is 12.8. The maximum absolute atomic E-state index is 12.8. The molecule has 0 fully saturated rings. The second-order valence-corrected chi connectivity index (χ2v) is 14.6. The summed E-state index contributed by atoms with van der Waals surface area (Å²) in [4.78, 5) is 55.9. The molecule has 2 amide bonds. The van der Waals surface area contributed by atoms with Crippen LogP contribution in [0.25, 0.3) is 12.2 Å². The van der Waals surface area contributed by atoms with Gasteiger partial charge in [-0.05, 0) is 61.8 Å². The Kier molecular flexibility index (Phi) is 6.11. The summed E-state index contributed by atoms with van der Waals surface area (Å²) >= 11 is 0. The number of carboxylic acids is 1. The zero-order valence-electron chi connectivity index (χ0n) is 21.9. The van der Waals surface area contributed by atoms with E-state index in [9.17, 15) is 24.3 Å². The Hall–Kier alpha value is -4.76. The number of benzene rings is 3. The standard InChI is InChI=1S/C30H26N2O6Si/c1-17-6-9-21-24(14-17)39(4,5)25-16-19(31(2)3)8-11-22(25)28(21)20-10-7-18(15-23(20)29(35)36)30(37)38-32-26(33)12-13-27(32)34/h6-16H,1H2,2-5H3,(H,35,36). The molecule has 1 N–H and O–H groups in total. The van der Waals surface area contributed by atoms with Crippen molar-refractivity contribution in [3.05, 3.63) is 99.4 Å². The fourth-order valence-corrected chi connectivity index (χ4v) is 8.24. The summed E-state index contributed by atoms with van der Waals surface area (Å²) in [7, 11) is 1.75. The molecule has 0 saturated heterocycles. The van der Waals surface area contributed by atoms with Gasteiger partial charge in [0.2, 0.25) is 0 Å². The van der Waals surface area contributed by atoms with Crippen LogP contribution in [-0.2, 0) is 14.4 Å². The van der Waals surface area contributed by atoms with Crippen LogP contribution in [-0.4, -0.2) is 56.1 Å². The van der Waals surface area contributed by atoms with Gasteiger partial charge in [0.25, 0.3) is 11.8 Å². The van der Waals surface area contributed by atoms with Crippen LogP contribution in [0, 0.1) is 0 Å². The highest BCUT2D eigenvalue weighted by Crippen LogP contribution is 2.30. The van der Waals surface area contributed by atoms with Crippen LogP contribution >= 0.6 is 0 Å².